The summed E-state index contributed by atoms with van der Waals surface area (Å²) in [5.74, 6) is -0.179. The predicted octanol–water partition coefficient (Wildman–Crippen LogP) is 3.25. The van der Waals surface area contributed by atoms with Gasteiger partial charge < -0.3 is 10.0 Å². The van der Waals surface area contributed by atoms with Crippen molar-refractivity contribution in [2.24, 2.45) is 0 Å². The second kappa shape index (κ2) is 6.59. The summed E-state index contributed by atoms with van der Waals surface area (Å²) < 4.78 is 0. The molecule has 0 fully saturated rings. The average molecular weight is 292 g/mol. The third kappa shape index (κ3) is 3.53. The maximum atomic E-state index is 12.4. The lowest BCUT2D eigenvalue weighted by molar-refractivity contribution is 0.104. The highest BCUT2D eigenvalue weighted by molar-refractivity contribution is 6.14. The van der Waals surface area contributed by atoms with Gasteiger partial charge in [-0.2, -0.15) is 5.26 Å². The Labute approximate surface area is 129 Å². The van der Waals surface area contributed by atoms with Gasteiger partial charge >= 0.3 is 0 Å². The number of hydrogen-bond donors (Lipinski definition) is 1. The smallest absolute Gasteiger partial charge is 0.203 e. The summed E-state index contributed by atoms with van der Waals surface area (Å²) in [4.78, 5) is 14.3. The fraction of sp³-hybridized carbons (Fsp3) is 0.111. The number of benzene rings is 2. The van der Waals surface area contributed by atoms with Crippen LogP contribution in [0.5, 0.6) is 5.75 Å². The molecule has 0 amide bonds. The van der Waals surface area contributed by atoms with Gasteiger partial charge in [-0.15, -0.1) is 0 Å². The number of carbonyl (C=O) groups excluding carboxylic acids is 1. The number of Topliss-reactive ketones (excluding diaryl/α,β-unsaturated/α-hetero) is 1. The molecule has 0 saturated heterocycles. The van der Waals surface area contributed by atoms with Gasteiger partial charge in [0.05, 0.1) is 0 Å². The van der Waals surface area contributed by atoms with E-state index in [2.05, 4.69) is 0 Å². The first-order chi connectivity index (χ1) is 10.5. The van der Waals surface area contributed by atoms with Gasteiger partial charge in [0.1, 0.15) is 17.4 Å². The zero-order valence-electron chi connectivity index (χ0n) is 12.4. The molecule has 0 heterocycles. The van der Waals surface area contributed by atoms with Crippen molar-refractivity contribution in [2.75, 3.05) is 19.0 Å². The average Bonchev–Trinajstić information content (AvgIpc) is 2.53. The maximum Gasteiger partial charge on any atom is 0.203 e. The summed E-state index contributed by atoms with van der Waals surface area (Å²) in [5, 5.41) is 18.5. The van der Waals surface area contributed by atoms with Crippen molar-refractivity contribution in [3.8, 4) is 11.8 Å². The third-order valence-corrected chi connectivity index (χ3v) is 3.22. The van der Waals surface area contributed by atoms with E-state index < -0.39 is 0 Å². The normalized spacial score (nSPS) is 10.9. The second-order valence-electron chi connectivity index (χ2n) is 5.03. The van der Waals surface area contributed by atoms with E-state index in [0.29, 0.717) is 11.1 Å². The minimum absolute atomic E-state index is 0.0586. The summed E-state index contributed by atoms with van der Waals surface area (Å²) in [7, 11) is 3.84. The van der Waals surface area contributed by atoms with E-state index >= 15 is 0 Å². The lowest BCUT2D eigenvalue weighted by Crippen LogP contribution is -2.09. The van der Waals surface area contributed by atoms with Crippen LogP contribution in [0.1, 0.15) is 15.9 Å². The summed E-state index contributed by atoms with van der Waals surface area (Å²) in [6, 6.07) is 15.3. The minimum atomic E-state index is -0.319. The number of nitriles is 1. The first kappa shape index (κ1) is 15.3. The molecule has 110 valence electrons. The molecule has 4 nitrogen and oxygen atoms in total. The number of carbonyl (C=O) groups is 1. The molecule has 2 rings (SSSR count). The van der Waals surface area contributed by atoms with E-state index in [-0.39, 0.29) is 17.1 Å². The standard InChI is InChI=1S/C18H16N2O2/c1-20(2)16-7-5-14(6-8-16)18(22)15(12-19)11-13-3-9-17(21)10-4-13/h3-11,21H,1-2H3/b15-11+. The fourth-order valence-electron chi connectivity index (χ4n) is 1.95. The van der Waals surface area contributed by atoms with Crippen molar-refractivity contribution >= 4 is 17.5 Å². The van der Waals surface area contributed by atoms with Crippen LogP contribution in [0.4, 0.5) is 5.69 Å². The maximum absolute atomic E-state index is 12.4. The van der Waals surface area contributed by atoms with Crippen molar-refractivity contribution in [3.05, 3.63) is 65.2 Å². The van der Waals surface area contributed by atoms with E-state index in [1.165, 1.54) is 18.2 Å². The highest BCUT2D eigenvalue weighted by atomic mass is 16.3. The number of rotatable bonds is 4. The molecule has 0 aliphatic rings. The van der Waals surface area contributed by atoms with E-state index in [9.17, 15) is 15.2 Å². The zero-order valence-corrected chi connectivity index (χ0v) is 12.4. The summed E-state index contributed by atoms with van der Waals surface area (Å²) >= 11 is 0. The SMILES string of the molecule is CN(C)c1ccc(C(=O)/C(C#N)=C/c2ccc(O)cc2)cc1. The highest BCUT2D eigenvalue weighted by Gasteiger charge is 2.12. The van der Waals surface area contributed by atoms with E-state index in [0.717, 1.165) is 5.69 Å². The quantitative estimate of drug-likeness (QED) is 0.534. The second-order valence-corrected chi connectivity index (χ2v) is 5.03. The zero-order chi connectivity index (χ0) is 16.1. The van der Waals surface area contributed by atoms with Crippen LogP contribution in [0.25, 0.3) is 6.08 Å². The summed E-state index contributed by atoms with van der Waals surface area (Å²) in [6.07, 6.45) is 1.52. The predicted molar refractivity (Wildman–Crippen MR) is 86.8 cm³/mol. The molecule has 4 heteroatoms. The van der Waals surface area contributed by atoms with Gasteiger partial charge in [-0.25, -0.2) is 0 Å². The fourth-order valence-corrected chi connectivity index (χ4v) is 1.95. The molecular formula is C18H16N2O2. The molecule has 2 aromatic carbocycles. The van der Waals surface area contributed by atoms with E-state index in [1.807, 2.05) is 37.2 Å². The van der Waals surface area contributed by atoms with Crippen LogP contribution in [-0.2, 0) is 0 Å². The number of ketones is 1. The Balaban J connectivity index is 2.29. The van der Waals surface area contributed by atoms with Gasteiger partial charge in [0.15, 0.2) is 0 Å². The first-order valence-electron chi connectivity index (χ1n) is 6.74. The Bertz CT molecular complexity index is 736. The van der Waals surface area contributed by atoms with Crippen molar-refractivity contribution in [1.29, 1.82) is 5.26 Å². The monoisotopic (exact) mass is 292 g/mol. The molecule has 0 aliphatic carbocycles. The molecule has 0 unspecified atom stereocenters. The van der Waals surface area contributed by atoms with Gasteiger partial charge in [-0.1, -0.05) is 12.1 Å². The number of phenolic OH excluding ortho intramolecular Hbond substituents is 1. The highest BCUT2D eigenvalue weighted by Crippen LogP contribution is 2.17. The van der Waals surface area contributed by atoms with Gasteiger partial charge in [0.25, 0.3) is 0 Å². The lowest BCUT2D eigenvalue weighted by atomic mass is 10.0. The van der Waals surface area contributed by atoms with Crippen LogP contribution in [-0.4, -0.2) is 25.0 Å². The Morgan fingerprint density at radius 3 is 2.18 bits per heavy atom. The molecule has 0 atom stereocenters. The Hall–Kier alpha value is -3.06. The molecule has 0 bridgehead atoms. The molecule has 0 saturated carbocycles. The number of anilines is 1. The van der Waals surface area contributed by atoms with Crippen LogP contribution in [0.15, 0.2) is 54.1 Å². The molecule has 0 aliphatic heterocycles. The number of allylic oxidation sites excluding steroid dienone is 1. The Kier molecular flexibility index (Phi) is 4.60. The Morgan fingerprint density at radius 2 is 1.68 bits per heavy atom. The van der Waals surface area contributed by atoms with Crippen molar-refractivity contribution < 1.29 is 9.90 Å². The minimum Gasteiger partial charge on any atom is -0.508 e. The van der Waals surface area contributed by atoms with Crippen LogP contribution in [0.2, 0.25) is 0 Å². The van der Waals surface area contributed by atoms with Crippen molar-refractivity contribution in [1.82, 2.24) is 0 Å². The van der Waals surface area contributed by atoms with Gasteiger partial charge in [0.2, 0.25) is 5.78 Å². The summed E-state index contributed by atoms with van der Waals surface area (Å²) in [5.41, 5.74) is 2.20. The summed E-state index contributed by atoms with van der Waals surface area (Å²) in [6.45, 7) is 0. The first-order valence-corrected chi connectivity index (χ1v) is 6.74. The van der Waals surface area contributed by atoms with Crippen LogP contribution >= 0.6 is 0 Å². The topological polar surface area (TPSA) is 64.3 Å². The lowest BCUT2D eigenvalue weighted by Gasteiger charge is -2.12. The van der Waals surface area contributed by atoms with E-state index in [1.54, 1.807) is 24.3 Å². The third-order valence-electron chi connectivity index (χ3n) is 3.22. The molecular weight excluding hydrogens is 276 g/mol. The van der Waals surface area contributed by atoms with Crippen LogP contribution in [0, 0.1) is 11.3 Å². The molecule has 0 aromatic heterocycles. The van der Waals surface area contributed by atoms with Gasteiger partial charge in [0, 0.05) is 25.3 Å². The molecule has 2 aromatic rings. The molecule has 1 N–H and O–H groups in total. The molecule has 0 radical (unpaired) electrons. The molecule has 0 spiro atoms. The molecule has 22 heavy (non-hydrogen) atoms. The van der Waals surface area contributed by atoms with Crippen LogP contribution < -0.4 is 4.90 Å². The van der Waals surface area contributed by atoms with Crippen LogP contribution in [0.3, 0.4) is 0 Å². The number of nitrogens with zero attached hydrogens (tertiary/aromatic N) is 2. The number of phenols is 1. The van der Waals surface area contributed by atoms with Gasteiger partial charge in [-0.3, -0.25) is 4.79 Å². The number of hydrogen-bond acceptors (Lipinski definition) is 4. The van der Waals surface area contributed by atoms with Gasteiger partial charge in [-0.05, 0) is 48.0 Å². The van der Waals surface area contributed by atoms with E-state index in [4.69, 9.17) is 0 Å². The largest absolute Gasteiger partial charge is 0.508 e. The van der Waals surface area contributed by atoms with Crippen molar-refractivity contribution in [2.45, 2.75) is 0 Å². The van der Waals surface area contributed by atoms with Crippen molar-refractivity contribution in [3.63, 3.8) is 0 Å². The number of aromatic hydroxyl groups is 1. The Morgan fingerprint density at radius 1 is 1.09 bits per heavy atom.